The lowest BCUT2D eigenvalue weighted by Gasteiger charge is -2.64. The molecule has 1 aliphatic heterocycles. The maximum absolute atomic E-state index is 13.7. The Kier molecular flexibility index (Phi) is 4.90. The average molecular weight is 412 g/mol. The number of hydrogen-bond acceptors (Lipinski definition) is 5. The number of carbonyl (C=O) groups excluding carboxylic acids is 3. The maximum atomic E-state index is 13.7. The summed E-state index contributed by atoms with van der Waals surface area (Å²) in [6.45, 7) is 0.134. The highest BCUT2D eigenvalue weighted by Crippen LogP contribution is 2.61. The molecule has 1 spiro atoms. The van der Waals surface area contributed by atoms with Crippen molar-refractivity contribution in [3.63, 3.8) is 0 Å². The van der Waals surface area contributed by atoms with Gasteiger partial charge in [0.2, 0.25) is 5.91 Å². The predicted molar refractivity (Wildman–Crippen MR) is 108 cm³/mol. The summed E-state index contributed by atoms with van der Waals surface area (Å²) in [4.78, 5) is 47.4. The van der Waals surface area contributed by atoms with Crippen LogP contribution in [0.15, 0.2) is 30.3 Å². The summed E-state index contributed by atoms with van der Waals surface area (Å²) in [5.74, 6) is 1.07. The molecular formula is C23H29N3O4. The molecule has 1 saturated heterocycles. The molecule has 7 heteroatoms. The van der Waals surface area contributed by atoms with E-state index in [1.165, 1.54) is 11.3 Å². The van der Waals surface area contributed by atoms with Crippen molar-refractivity contribution in [1.29, 1.82) is 0 Å². The maximum Gasteiger partial charge on any atom is 0.263 e. The molecule has 160 valence electrons. The Morgan fingerprint density at radius 2 is 1.70 bits per heavy atom. The van der Waals surface area contributed by atoms with Crippen molar-refractivity contribution in [3.05, 3.63) is 35.9 Å². The van der Waals surface area contributed by atoms with E-state index in [4.69, 9.17) is 4.84 Å². The first kappa shape index (κ1) is 19.7. The first-order chi connectivity index (χ1) is 14.5. The number of nitrogens with zero attached hydrogens (tertiary/aromatic N) is 2. The molecule has 0 aromatic heterocycles. The molecule has 1 heterocycles. The van der Waals surface area contributed by atoms with Crippen LogP contribution >= 0.6 is 0 Å². The smallest absolute Gasteiger partial charge is 0.263 e. The summed E-state index contributed by atoms with van der Waals surface area (Å²) in [5.41, 5.74) is 2.70. The van der Waals surface area contributed by atoms with Gasteiger partial charge in [0.15, 0.2) is 0 Å². The Hall–Kier alpha value is -2.25. The Morgan fingerprint density at radius 3 is 2.33 bits per heavy atom. The molecule has 30 heavy (non-hydrogen) atoms. The van der Waals surface area contributed by atoms with E-state index in [-0.39, 0.29) is 31.5 Å². The Labute approximate surface area is 176 Å². The third-order valence-electron chi connectivity index (χ3n) is 7.85. The second kappa shape index (κ2) is 7.46. The number of nitrogens with one attached hydrogen (secondary N) is 1. The van der Waals surface area contributed by atoms with E-state index in [1.54, 1.807) is 0 Å². The topological polar surface area (TPSA) is 79.0 Å². The van der Waals surface area contributed by atoms with Crippen LogP contribution in [-0.4, -0.2) is 53.2 Å². The van der Waals surface area contributed by atoms with Crippen LogP contribution in [0.1, 0.15) is 37.7 Å². The Balaban J connectivity index is 1.28. The Morgan fingerprint density at radius 1 is 1.07 bits per heavy atom. The van der Waals surface area contributed by atoms with Gasteiger partial charge < -0.3 is 0 Å². The van der Waals surface area contributed by atoms with E-state index < -0.39 is 11.4 Å². The van der Waals surface area contributed by atoms with Gasteiger partial charge in [0.05, 0.1) is 13.2 Å². The van der Waals surface area contributed by atoms with Gasteiger partial charge in [-0.15, -0.1) is 0 Å². The van der Waals surface area contributed by atoms with Gasteiger partial charge in [-0.05, 0) is 68.4 Å². The van der Waals surface area contributed by atoms with E-state index >= 15 is 0 Å². The third kappa shape index (κ3) is 3.06. The normalized spacial score (nSPS) is 35.3. The molecule has 4 bridgehead atoms. The molecule has 4 aliphatic carbocycles. The van der Waals surface area contributed by atoms with Gasteiger partial charge in [-0.2, -0.15) is 0 Å². The minimum atomic E-state index is -0.619. The standard InChI is InChI=1S/C23H29N3O4/c1-25-13-21(28)26(12-20(27)24-30-14-15-5-3-2-4-6-15)22(29)23(25)18-8-16-7-17(10-18)11-19(23)9-16/h2-6,16-19H,7-14H2,1H3,(H,24,27). The van der Waals surface area contributed by atoms with Crippen LogP contribution in [0.4, 0.5) is 0 Å². The van der Waals surface area contributed by atoms with Gasteiger partial charge >= 0.3 is 0 Å². The fourth-order valence-corrected chi connectivity index (χ4v) is 6.90. The minimum Gasteiger partial charge on any atom is -0.283 e. The van der Waals surface area contributed by atoms with Gasteiger partial charge in [-0.1, -0.05) is 30.3 Å². The summed E-state index contributed by atoms with van der Waals surface area (Å²) >= 11 is 0. The van der Waals surface area contributed by atoms with Crippen molar-refractivity contribution < 1.29 is 19.2 Å². The second-order valence-corrected chi connectivity index (χ2v) is 9.57. The molecule has 0 atom stereocenters. The van der Waals surface area contributed by atoms with Crippen LogP contribution in [0.3, 0.4) is 0 Å². The van der Waals surface area contributed by atoms with Crippen molar-refractivity contribution >= 4 is 17.7 Å². The highest BCUT2D eigenvalue weighted by molar-refractivity contribution is 6.06. The Bertz CT molecular complexity index is 827. The molecule has 4 saturated carbocycles. The molecule has 5 fully saturated rings. The molecule has 3 amide bonds. The number of imide groups is 1. The van der Waals surface area contributed by atoms with Crippen LogP contribution in [0.2, 0.25) is 0 Å². The fourth-order valence-electron chi connectivity index (χ4n) is 6.90. The van der Waals surface area contributed by atoms with E-state index in [0.717, 1.165) is 43.1 Å². The largest absolute Gasteiger partial charge is 0.283 e. The number of hydroxylamine groups is 1. The molecule has 0 unspecified atom stereocenters. The van der Waals surface area contributed by atoms with Crippen LogP contribution in [0, 0.1) is 23.7 Å². The third-order valence-corrected chi connectivity index (χ3v) is 7.85. The molecule has 1 aromatic carbocycles. The van der Waals surface area contributed by atoms with Crippen LogP contribution in [-0.2, 0) is 25.8 Å². The lowest BCUT2D eigenvalue weighted by atomic mass is 9.47. The average Bonchev–Trinajstić information content (AvgIpc) is 2.71. The molecule has 6 rings (SSSR count). The zero-order chi connectivity index (χ0) is 20.9. The molecule has 7 nitrogen and oxygen atoms in total. The lowest BCUT2D eigenvalue weighted by Crippen LogP contribution is -2.76. The molecule has 1 aromatic rings. The van der Waals surface area contributed by atoms with Crippen molar-refractivity contribution in [1.82, 2.24) is 15.3 Å². The first-order valence-corrected chi connectivity index (χ1v) is 11.0. The molecule has 1 N–H and O–H groups in total. The number of carbonyl (C=O) groups is 3. The zero-order valence-corrected chi connectivity index (χ0v) is 17.4. The second-order valence-electron chi connectivity index (χ2n) is 9.57. The summed E-state index contributed by atoms with van der Waals surface area (Å²) in [7, 11) is 1.92. The summed E-state index contributed by atoms with van der Waals surface area (Å²) in [6.07, 6.45) is 5.56. The number of piperazine rings is 1. The summed E-state index contributed by atoms with van der Waals surface area (Å²) < 4.78 is 0. The van der Waals surface area contributed by atoms with Crippen molar-refractivity contribution in [2.75, 3.05) is 20.1 Å². The first-order valence-electron chi connectivity index (χ1n) is 11.0. The predicted octanol–water partition coefficient (Wildman–Crippen LogP) is 1.73. The molecule has 5 aliphatic rings. The number of benzene rings is 1. The summed E-state index contributed by atoms with van der Waals surface area (Å²) in [5, 5.41) is 0. The number of amides is 3. The monoisotopic (exact) mass is 411 g/mol. The van der Waals surface area contributed by atoms with Gasteiger partial charge in [0, 0.05) is 0 Å². The number of hydrogen-bond donors (Lipinski definition) is 1. The van der Waals surface area contributed by atoms with Gasteiger partial charge in [0.1, 0.15) is 12.1 Å². The van der Waals surface area contributed by atoms with Crippen LogP contribution < -0.4 is 5.48 Å². The number of rotatable bonds is 5. The minimum absolute atomic E-state index is 0.173. The highest BCUT2D eigenvalue weighted by Gasteiger charge is 2.65. The van der Waals surface area contributed by atoms with Crippen molar-refractivity contribution in [3.8, 4) is 0 Å². The van der Waals surface area contributed by atoms with E-state index in [2.05, 4.69) is 5.48 Å². The number of likely N-dealkylation sites (N-methyl/N-ethyl adjacent to an activating group) is 1. The summed E-state index contributed by atoms with van der Waals surface area (Å²) in [6, 6.07) is 9.50. The van der Waals surface area contributed by atoms with E-state index in [9.17, 15) is 14.4 Å². The SMILES string of the molecule is CN1CC(=O)N(CC(=O)NOCc2ccccc2)C(=O)C12C1CC3CC(C1)CC2C3. The zero-order valence-electron chi connectivity index (χ0n) is 17.4. The van der Waals surface area contributed by atoms with Gasteiger partial charge in [0.25, 0.3) is 11.8 Å². The fraction of sp³-hybridized carbons (Fsp3) is 0.609. The van der Waals surface area contributed by atoms with E-state index in [0.29, 0.717) is 11.8 Å². The van der Waals surface area contributed by atoms with Crippen LogP contribution in [0.5, 0.6) is 0 Å². The molecular weight excluding hydrogens is 382 g/mol. The van der Waals surface area contributed by atoms with Crippen molar-refractivity contribution in [2.45, 2.75) is 44.2 Å². The van der Waals surface area contributed by atoms with Gasteiger partial charge in [-0.3, -0.25) is 29.0 Å². The quantitative estimate of drug-likeness (QED) is 0.590. The van der Waals surface area contributed by atoms with Crippen molar-refractivity contribution in [2.24, 2.45) is 23.7 Å². The van der Waals surface area contributed by atoms with Crippen LogP contribution in [0.25, 0.3) is 0 Å². The molecule has 0 radical (unpaired) electrons. The van der Waals surface area contributed by atoms with E-state index in [1.807, 2.05) is 42.3 Å². The highest BCUT2D eigenvalue weighted by atomic mass is 16.6. The van der Waals surface area contributed by atoms with Gasteiger partial charge in [-0.25, -0.2) is 5.48 Å². The lowest BCUT2D eigenvalue weighted by molar-refractivity contribution is -0.190.